The maximum Gasteiger partial charge on any atom is 0.371 e. The number of nitrogens with zero attached hydrogens (tertiary/aromatic N) is 1. The average Bonchev–Trinajstić information content (AvgIpc) is 2.67. The third-order valence-electron chi connectivity index (χ3n) is 2.40. The Morgan fingerprint density at radius 2 is 2.12 bits per heavy atom. The van der Waals surface area contributed by atoms with Crippen molar-refractivity contribution in [2.75, 3.05) is 0 Å². The number of benzene rings is 1. The fourth-order valence-corrected chi connectivity index (χ4v) is 1.57. The van der Waals surface area contributed by atoms with Crippen LogP contribution in [-0.4, -0.2) is 21.1 Å². The molecule has 0 saturated carbocycles. The second-order valence-electron chi connectivity index (χ2n) is 3.46. The summed E-state index contributed by atoms with van der Waals surface area (Å²) in [5, 5.41) is 29.2. The lowest BCUT2D eigenvalue weighted by atomic mass is 10.1. The minimum Gasteiger partial charge on any atom is -0.502 e. The van der Waals surface area contributed by atoms with Crippen LogP contribution in [0.3, 0.4) is 0 Å². The quantitative estimate of drug-likeness (QED) is 0.610. The molecule has 0 radical (unpaired) electrons. The minimum absolute atomic E-state index is 0.130. The molecule has 0 unspecified atom stereocenters. The van der Waals surface area contributed by atoms with Gasteiger partial charge >= 0.3 is 11.7 Å². The van der Waals surface area contributed by atoms with Crippen LogP contribution >= 0.6 is 0 Å². The summed E-state index contributed by atoms with van der Waals surface area (Å²) in [7, 11) is 0. The summed E-state index contributed by atoms with van der Waals surface area (Å²) in [6, 6.07) is 2.25. The highest BCUT2D eigenvalue weighted by Gasteiger charge is 2.22. The monoisotopic (exact) mass is 237 g/mol. The van der Waals surface area contributed by atoms with Crippen molar-refractivity contribution in [2.45, 2.75) is 6.92 Å². The second-order valence-corrected chi connectivity index (χ2v) is 3.46. The molecule has 2 aromatic rings. The number of phenols is 1. The number of carboxylic acids is 1. The third kappa shape index (κ3) is 1.57. The topological polar surface area (TPSA) is 114 Å². The van der Waals surface area contributed by atoms with Gasteiger partial charge in [-0.15, -0.1) is 0 Å². The van der Waals surface area contributed by atoms with Crippen molar-refractivity contribution in [3.8, 4) is 5.75 Å². The lowest BCUT2D eigenvalue weighted by Gasteiger charge is -2.00. The molecule has 88 valence electrons. The summed E-state index contributed by atoms with van der Waals surface area (Å²) in [5.41, 5.74) is -0.208. The van der Waals surface area contributed by atoms with Crippen molar-refractivity contribution >= 4 is 22.6 Å². The standard InChI is InChI=1S/C10H7NO6/c1-4-8(12)6(11(15)16)2-5-3-7(10(13)14)17-9(4)5/h2-3,12H,1H3,(H,13,14). The normalized spacial score (nSPS) is 10.6. The Bertz CT molecular complexity index is 642. The van der Waals surface area contributed by atoms with E-state index in [0.717, 1.165) is 6.07 Å². The molecule has 0 bridgehead atoms. The van der Waals surface area contributed by atoms with Gasteiger partial charge in [-0.3, -0.25) is 10.1 Å². The molecule has 2 N–H and O–H groups in total. The summed E-state index contributed by atoms with van der Waals surface area (Å²) in [6.45, 7) is 1.42. The highest BCUT2D eigenvalue weighted by atomic mass is 16.6. The van der Waals surface area contributed by atoms with E-state index >= 15 is 0 Å². The Labute approximate surface area is 94.0 Å². The van der Waals surface area contributed by atoms with E-state index in [4.69, 9.17) is 9.52 Å². The summed E-state index contributed by atoms with van der Waals surface area (Å²) in [5.74, 6) is -2.13. The summed E-state index contributed by atoms with van der Waals surface area (Å²) < 4.78 is 4.99. The molecule has 17 heavy (non-hydrogen) atoms. The lowest BCUT2D eigenvalue weighted by molar-refractivity contribution is -0.385. The summed E-state index contributed by atoms with van der Waals surface area (Å²) >= 11 is 0. The molecule has 0 spiro atoms. The van der Waals surface area contributed by atoms with Gasteiger partial charge in [-0.05, 0) is 13.0 Å². The van der Waals surface area contributed by atoms with Gasteiger partial charge in [0.25, 0.3) is 0 Å². The van der Waals surface area contributed by atoms with Crippen molar-refractivity contribution in [1.82, 2.24) is 0 Å². The van der Waals surface area contributed by atoms with Crippen molar-refractivity contribution in [3.63, 3.8) is 0 Å². The molecular weight excluding hydrogens is 230 g/mol. The number of rotatable bonds is 2. The van der Waals surface area contributed by atoms with Crippen LogP contribution in [0.25, 0.3) is 11.0 Å². The molecule has 0 amide bonds. The van der Waals surface area contributed by atoms with Gasteiger partial charge in [0.15, 0.2) is 0 Å². The van der Waals surface area contributed by atoms with Crippen LogP contribution in [-0.2, 0) is 0 Å². The van der Waals surface area contributed by atoms with Crippen LogP contribution in [0.2, 0.25) is 0 Å². The van der Waals surface area contributed by atoms with Crippen molar-refractivity contribution < 1.29 is 24.3 Å². The van der Waals surface area contributed by atoms with E-state index in [9.17, 15) is 20.0 Å². The number of carboxylic acid groups (broad SMARTS) is 1. The largest absolute Gasteiger partial charge is 0.502 e. The number of hydrogen-bond donors (Lipinski definition) is 2. The van der Waals surface area contributed by atoms with E-state index in [2.05, 4.69) is 0 Å². The number of furan rings is 1. The molecule has 0 aliphatic carbocycles. The van der Waals surface area contributed by atoms with Crippen molar-refractivity contribution in [2.24, 2.45) is 0 Å². The maximum atomic E-state index is 10.7. The number of fused-ring (bicyclic) bond motifs is 1. The predicted octanol–water partition coefficient (Wildman–Crippen LogP) is 2.05. The number of aromatic carboxylic acids is 1. The van der Waals surface area contributed by atoms with E-state index < -0.39 is 22.3 Å². The summed E-state index contributed by atoms with van der Waals surface area (Å²) in [4.78, 5) is 20.6. The van der Waals surface area contributed by atoms with Crippen LogP contribution in [0.15, 0.2) is 16.5 Å². The molecule has 0 saturated heterocycles. The predicted molar refractivity (Wildman–Crippen MR) is 56.2 cm³/mol. The van der Waals surface area contributed by atoms with E-state index in [0.29, 0.717) is 0 Å². The molecule has 7 nitrogen and oxygen atoms in total. The Kier molecular flexibility index (Phi) is 2.24. The first-order chi connectivity index (χ1) is 7.91. The van der Waals surface area contributed by atoms with Crippen LogP contribution in [0.4, 0.5) is 5.69 Å². The minimum atomic E-state index is -1.28. The molecule has 0 aliphatic rings. The zero-order valence-electron chi connectivity index (χ0n) is 8.63. The fraction of sp³-hybridized carbons (Fsp3) is 0.100. The lowest BCUT2D eigenvalue weighted by Crippen LogP contribution is -1.91. The molecule has 0 atom stereocenters. The number of aromatic hydroxyl groups is 1. The molecule has 2 rings (SSSR count). The number of hydrogen-bond acceptors (Lipinski definition) is 5. The van der Waals surface area contributed by atoms with Crippen LogP contribution in [0.5, 0.6) is 5.75 Å². The Morgan fingerprint density at radius 3 is 2.65 bits per heavy atom. The average molecular weight is 237 g/mol. The first kappa shape index (κ1) is 10.9. The molecule has 0 aliphatic heterocycles. The van der Waals surface area contributed by atoms with Crippen LogP contribution in [0.1, 0.15) is 16.1 Å². The van der Waals surface area contributed by atoms with Crippen molar-refractivity contribution in [3.05, 3.63) is 33.6 Å². The van der Waals surface area contributed by atoms with Gasteiger partial charge in [0.1, 0.15) is 5.58 Å². The van der Waals surface area contributed by atoms with E-state index in [-0.39, 0.29) is 22.3 Å². The van der Waals surface area contributed by atoms with E-state index in [1.807, 2.05) is 0 Å². The number of phenolic OH excluding ortho intramolecular Hbond substituents is 1. The van der Waals surface area contributed by atoms with Crippen LogP contribution in [0, 0.1) is 17.0 Å². The number of nitro benzene ring substituents is 1. The first-order valence-electron chi connectivity index (χ1n) is 4.55. The van der Waals surface area contributed by atoms with Gasteiger partial charge in [-0.25, -0.2) is 4.79 Å². The SMILES string of the molecule is Cc1c(O)c([N+](=O)[O-])cc2cc(C(=O)O)oc12. The van der Waals surface area contributed by atoms with Gasteiger partial charge in [0.05, 0.1) is 4.92 Å². The van der Waals surface area contributed by atoms with E-state index in [1.165, 1.54) is 13.0 Å². The molecular formula is C10H7NO6. The highest BCUT2D eigenvalue weighted by Crippen LogP contribution is 2.37. The van der Waals surface area contributed by atoms with Gasteiger partial charge < -0.3 is 14.6 Å². The third-order valence-corrected chi connectivity index (χ3v) is 2.40. The van der Waals surface area contributed by atoms with E-state index in [1.54, 1.807) is 0 Å². The molecule has 1 aromatic carbocycles. The first-order valence-corrected chi connectivity index (χ1v) is 4.55. The zero-order chi connectivity index (χ0) is 12.7. The number of aryl methyl sites for hydroxylation is 1. The molecule has 1 heterocycles. The smallest absolute Gasteiger partial charge is 0.371 e. The summed E-state index contributed by atoms with van der Waals surface area (Å²) in [6.07, 6.45) is 0. The Balaban J connectivity index is 2.81. The highest BCUT2D eigenvalue weighted by molar-refractivity contribution is 5.94. The van der Waals surface area contributed by atoms with Crippen LogP contribution < -0.4 is 0 Å². The zero-order valence-corrected chi connectivity index (χ0v) is 8.63. The van der Waals surface area contributed by atoms with Gasteiger partial charge in [-0.2, -0.15) is 0 Å². The Morgan fingerprint density at radius 1 is 1.47 bits per heavy atom. The maximum absolute atomic E-state index is 10.7. The molecule has 1 aromatic heterocycles. The second kappa shape index (κ2) is 3.48. The fourth-order valence-electron chi connectivity index (χ4n) is 1.57. The van der Waals surface area contributed by atoms with Crippen molar-refractivity contribution in [1.29, 1.82) is 0 Å². The molecule has 0 fully saturated rings. The van der Waals surface area contributed by atoms with Gasteiger partial charge in [-0.1, -0.05) is 0 Å². The number of nitro groups is 1. The van der Waals surface area contributed by atoms with Gasteiger partial charge in [0, 0.05) is 17.0 Å². The molecule has 7 heteroatoms. The Hall–Kier alpha value is -2.57. The number of carbonyl (C=O) groups is 1. The van der Waals surface area contributed by atoms with Gasteiger partial charge in [0.2, 0.25) is 11.5 Å².